The molecule has 2 N–H and O–H groups in total. The fourth-order valence-electron chi connectivity index (χ4n) is 3.14. The molecule has 0 bridgehead atoms. The number of hydrogen-bond donors (Lipinski definition) is 2. The Morgan fingerprint density at radius 2 is 2.13 bits per heavy atom. The molecule has 1 unspecified atom stereocenters. The van der Waals surface area contributed by atoms with E-state index in [1.165, 1.54) is 0 Å². The molecule has 23 heavy (non-hydrogen) atoms. The number of nitrogens with zero attached hydrogens (tertiary/aromatic N) is 1. The van der Waals surface area contributed by atoms with Crippen LogP contribution in [0.15, 0.2) is 24.3 Å². The molecule has 2 aliphatic rings. The van der Waals surface area contributed by atoms with Crippen LogP contribution in [0.5, 0.6) is 0 Å². The van der Waals surface area contributed by atoms with Gasteiger partial charge in [0.2, 0.25) is 11.8 Å². The van der Waals surface area contributed by atoms with E-state index in [0.29, 0.717) is 31.5 Å². The molecular formula is C17H21N3O3. The van der Waals surface area contributed by atoms with E-state index in [4.69, 9.17) is 0 Å². The predicted octanol–water partition coefficient (Wildman–Crippen LogP) is 0.816. The normalized spacial score (nSPS) is 24.3. The van der Waals surface area contributed by atoms with Crippen molar-refractivity contribution in [2.75, 3.05) is 6.54 Å². The van der Waals surface area contributed by atoms with Crippen molar-refractivity contribution in [1.29, 1.82) is 0 Å². The van der Waals surface area contributed by atoms with Crippen molar-refractivity contribution in [3.05, 3.63) is 35.4 Å². The van der Waals surface area contributed by atoms with Crippen molar-refractivity contribution in [2.45, 2.75) is 44.8 Å². The van der Waals surface area contributed by atoms with Gasteiger partial charge in [0.05, 0.1) is 5.54 Å². The molecule has 1 aromatic rings. The number of fused-ring (bicyclic) bond motifs is 1. The van der Waals surface area contributed by atoms with Crippen molar-refractivity contribution >= 4 is 17.7 Å². The fourth-order valence-corrected chi connectivity index (χ4v) is 3.14. The van der Waals surface area contributed by atoms with E-state index >= 15 is 0 Å². The maximum atomic E-state index is 12.4. The summed E-state index contributed by atoms with van der Waals surface area (Å²) in [6.45, 7) is 4.48. The molecule has 0 spiro atoms. The Hall–Kier alpha value is -2.37. The Bertz CT molecular complexity index is 673. The predicted molar refractivity (Wildman–Crippen MR) is 84.6 cm³/mol. The first-order valence-electron chi connectivity index (χ1n) is 7.87. The minimum atomic E-state index is -0.546. The minimum absolute atomic E-state index is 0.0139. The van der Waals surface area contributed by atoms with Gasteiger partial charge in [0.15, 0.2) is 0 Å². The zero-order chi connectivity index (χ0) is 16.6. The van der Waals surface area contributed by atoms with Gasteiger partial charge in [0, 0.05) is 25.1 Å². The molecule has 2 heterocycles. The molecule has 0 aromatic heterocycles. The van der Waals surface area contributed by atoms with Gasteiger partial charge in [-0.05, 0) is 31.9 Å². The molecule has 2 atom stereocenters. The van der Waals surface area contributed by atoms with Crippen LogP contribution in [0.25, 0.3) is 0 Å². The maximum Gasteiger partial charge on any atom is 0.255 e. The molecule has 122 valence electrons. The zero-order valence-corrected chi connectivity index (χ0v) is 13.4. The number of benzene rings is 1. The third-order valence-electron chi connectivity index (χ3n) is 4.69. The summed E-state index contributed by atoms with van der Waals surface area (Å²) in [5.41, 5.74) is 1.22. The second kappa shape index (κ2) is 5.68. The Labute approximate surface area is 135 Å². The molecular weight excluding hydrogens is 294 g/mol. The molecule has 6 nitrogen and oxygen atoms in total. The molecule has 0 aliphatic carbocycles. The van der Waals surface area contributed by atoms with Gasteiger partial charge < -0.3 is 15.5 Å². The molecule has 6 heteroatoms. The summed E-state index contributed by atoms with van der Waals surface area (Å²) in [6, 6.07) is 6.87. The van der Waals surface area contributed by atoms with E-state index in [0.717, 1.165) is 5.56 Å². The van der Waals surface area contributed by atoms with E-state index in [9.17, 15) is 14.4 Å². The average molecular weight is 315 g/mol. The summed E-state index contributed by atoms with van der Waals surface area (Å²) in [4.78, 5) is 37.7. The van der Waals surface area contributed by atoms with Crippen LogP contribution in [0.2, 0.25) is 0 Å². The first-order valence-corrected chi connectivity index (χ1v) is 7.87. The number of carbonyl (C=O) groups excluding carboxylic acids is 3. The van der Waals surface area contributed by atoms with Gasteiger partial charge in [-0.3, -0.25) is 14.4 Å². The number of hydrogen-bond acceptors (Lipinski definition) is 3. The van der Waals surface area contributed by atoms with Crippen LogP contribution >= 0.6 is 0 Å². The standard InChI is InChI=1S/C17H21N3O3/c1-11(15(22)18-10-17(2)8-7-14(21)19-17)20-9-12-5-3-4-6-13(12)16(20)23/h3-6,11H,7-10H2,1-2H3,(H,18,22)(H,19,21)/t11-,17?/m1/s1. The van der Waals surface area contributed by atoms with Gasteiger partial charge in [-0.15, -0.1) is 0 Å². The summed E-state index contributed by atoms with van der Waals surface area (Å²) in [7, 11) is 0. The van der Waals surface area contributed by atoms with Crippen molar-refractivity contribution in [1.82, 2.24) is 15.5 Å². The molecule has 2 aliphatic heterocycles. The lowest BCUT2D eigenvalue weighted by Crippen LogP contribution is -2.52. The smallest absolute Gasteiger partial charge is 0.255 e. The highest BCUT2D eigenvalue weighted by molar-refractivity contribution is 6.01. The first kappa shape index (κ1) is 15.5. The molecule has 3 amide bonds. The Morgan fingerprint density at radius 3 is 2.78 bits per heavy atom. The monoisotopic (exact) mass is 315 g/mol. The number of rotatable bonds is 4. The second-order valence-corrected chi connectivity index (χ2v) is 6.59. The lowest BCUT2D eigenvalue weighted by Gasteiger charge is -2.27. The summed E-state index contributed by atoms with van der Waals surface area (Å²) in [5, 5.41) is 5.74. The van der Waals surface area contributed by atoms with Crippen molar-refractivity contribution in [2.24, 2.45) is 0 Å². The van der Waals surface area contributed by atoms with Crippen LogP contribution in [0.3, 0.4) is 0 Å². The molecule has 3 rings (SSSR count). The van der Waals surface area contributed by atoms with E-state index in [2.05, 4.69) is 10.6 Å². The summed E-state index contributed by atoms with van der Waals surface area (Å²) >= 11 is 0. The molecule has 1 saturated heterocycles. The topological polar surface area (TPSA) is 78.5 Å². The lowest BCUT2D eigenvalue weighted by atomic mass is 10.0. The van der Waals surface area contributed by atoms with E-state index < -0.39 is 11.6 Å². The lowest BCUT2D eigenvalue weighted by molar-refractivity contribution is -0.126. The summed E-state index contributed by atoms with van der Waals surface area (Å²) < 4.78 is 0. The van der Waals surface area contributed by atoms with E-state index in [-0.39, 0.29) is 17.7 Å². The SMILES string of the molecule is C[C@H](C(=O)NCC1(C)CCC(=O)N1)N1Cc2ccccc2C1=O. The van der Waals surface area contributed by atoms with Gasteiger partial charge in [0.1, 0.15) is 6.04 Å². The quantitative estimate of drug-likeness (QED) is 0.863. The maximum absolute atomic E-state index is 12.4. The third kappa shape index (κ3) is 2.93. The zero-order valence-electron chi connectivity index (χ0n) is 13.4. The average Bonchev–Trinajstić information content (AvgIpc) is 3.05. The Balaban J connectivity index is 1.61. The van der Waals surface area contributed by atoms with Crippen LogP contribution in [0, 0.1) is 0 Å². The highest BCUT2D eigenvalue weighted by atomic mass is 16.2. The summed E-state index contributed by atoms with van der Waals surface area (Å²) in [6.07, 6.45) is 1.19. The number of amides is 3. The first-order chi connectivity index (χ1) is 10.9. The third-order valence-corrected chi connectivity index (χ3v) is 4.69. The highest BCUT2D eigenvalue weighted by Gasteiger charge is 2.36. The van der Waals surface area contributed by atoms with E-state index in [1.54, 1.807) is 17.9 Å². The summed E-state index contributed by atoms with van der Waals surface area (Å²) in [5.74, 6) is -0.294. The van der Waals surface area contributed by atoms with Crippen LogP contribution in [-0.4, -0.2) is 40.7 Å². The van der Waals surface area contributed by atoms with Crippen LogP contribution in [-0.2, 0) is 16.1 Å². The van der Waals surface area contributed by atoms with E-state index in [1.807, 2.05) is 25.1 Å². The highest BCUT2D eigenvalue weighted by Crippen LogP contribution is 2.24. The van der Waals surface area contributed by atoms with Gasteiger partial charge in [-0.25, -0.2) is 0 Å². The molecule has 0 radical (unpaired) electrons. The van der Waals surface area contributed by atoms with Crippen molar-refractivity contribution < 1.29 is 14.4 Å². The van der Waals surface area contributed by atoms with Crippen molar-refractivity contribution in [3.8, 4) is 0 Å². The number of nitrogens with one attached hydrogen (secondary N) is 2. The van der Waals surface area contributed by atoms with Crippen LogP contribution in [0.1, 0.15) is 42.6 Å². The fraction of sp³-hybridized carbons (Fsp3) is 0.471. The van der Waals surface area contributed by atoms with Gasteiger partial charge in [0.25, 0.3) is 5.91 Å². The molecule has 0 saturated carbocycles. The van der Waals surface area contributed by atoms with Gasteiger partial charge in [-0.2, -0.15) is 0 Å². The molecule has 1 aromatic carbocycles. The number of carbonyl (C=O) groups is 3. The van der Waals surface area contributed by atoms with Crippen LogP contribution < -0.4 is 10.6 Å². The van der Waals surface area contributed by atoms with Gasteiger partial charge in [-0.1, -0.05) is 18.2 Å². The van der Waals surface area contributed by atoms with Crippen molar-refractivity contribution in [3.63, 3.8) is 0 Å². The second-order valence-electron chi connectivity index (χ2n) is 6.59. The Kier molecular flexibility index (Phi) is 3.83. The van der Waals surface area contributed by atoms with Gasteiger partial charge >= 0.3 is 0 Å². The minimum Gasteiger partial charge on any atom is -0.352 e. The Morgan fingerprint density at radius 1 is 1.39 bits per heavy atom. The molecule has 1 fully saturated rings. The van der Waals surface area contributed by atoms with Crippen LogP contribution in [0.4, 0.5) is 0 Å². The largest absolute Gasteiger partial charge is 0.352 e.